The summed E-state index contributed by atoms with van der Waals surface area (Å²) in [4.78, 5) is 4.36. The number of hydrogen-bond acceptors (Lipinski definition) is 3. The minimum Gasteiger partial charge on any atom is -0.266 e. The molecule has 2 aromatic heterocycles. The fourth-order valence-electron chi connectivity index (χ4n) is 1.07. The van der Waals surface area contributed by atoms with E-state index in [1.165, 1.54) is 0 Å². The highest BCUT2D eigenvalue weighted by molar-refractivity contribution is 7.13. The van der Waals surface area contributed by atoms with Crippen LogP contribution in [-0.4, -0.2) is 14.8 Å². The van der Waals surface area contributed by atoms with Gasteiger partial charge in [-0.3, -0.25) is 4.68 Å². The van der Waals surface area contributed by atoms with Gasteiger partial charge in [0.15, 0.2) is 0 Å². The van der Waals surface area contributed by atoms with Gasteiger partial charge in [0.05, 0.1) is 17.3 Å². The lowest BCUT2D eigenvalue weighted by Gasteiger charge is -1.94. The summed E-state index contributed by atoms with van der Waals surface area (Å²) >= 11 is 7.25. The van der Waals surface area contributed by atoms with Gasteiger partial charge in [0, 0.05) is 18.6 Å². The molecule has 13 heavy (non-hydrogen) atoms. The molecule has 0 radical (unpaired) electrons. The number of aromatic nitrogens is 3. The monoisotopic (exact) mass is 213 g/mol. The number of thiazole rings is 1. The van der Waals surface area contributed by atoms with Crippen LogP contribution in [0.25, 0.3) is 10.7 Å². The van der Waals surface area contributed by atoms with Gasteiger partial charge in [-0.15, -0.1) is 22.9 Å². The van der Waals surface area contributed by atoms with Gasteiger partial charge in [-0.05, 0) is 6.07 Å². The Balaban J connectivity index is 2.41. The normalized spacial score (nSPS) is 10.6. The molecule has 0 N–H and O–H groups in total. The molecule has 0 atom stereocenters. The molecule has 0 aliphatic carbocycles. The lowest BCUT2D eigenvalue weighted by atomic mass is 10.4. The zero-order valence-electron chi connectivity index (χ0n) is 7.07. The topological polar surface area (TPSA) is 30.7 Å². The van der Waals surface area contributed by atoms with Crippen molar-refractivity contribution in [1.29, 1.82) is 0 Å². The molecule has 2 aromatic rings. The molecule has 0 spiro atoms. The second kappa shape index (κ2) is 3.47. The van der Waals surface area contributed by atoms with Crippen molar-refractivity contribution < 1.29 is 0 Å². The maximum atomic E-state index is 5.66. The van der Waals surface area contributed by atoms with E-state index in [-0.39, 0.29) is 0 Å². The SMILES string of the molecule is Cn1nccc1-c1nc(CCl)cs1. The summed E-state index contributed by atoms with van der Waals surface area (Å²) in [6.07, 6.45) is 1.76. The average Bonchev–Trinajstić information content (AvgIpc) is 2.71. The van der Waals surface area contributed by atoms with Crippen LogP contribution in [0.15, 0.2) is 17.6 Å². The van der Waals surface area contributed by atoms with Gasteiger partial charge >= 0.3 is 0 Å². The molecular formula is C8H8ClN3S. The van der Waals surface area contributed by atoms with Crippen molar-refractivity contribution in [3.8, 4) is 10.7 Å². The van der Waals surface area contributed by atoms with Crippen LogP contribution < -0.4 is 0 Å². The summed E-state index contributed by atoms with van der Waals surface area (Å²) in [6.45, 7) is 0. The highest BCUT2D eigenvalue weighted by Crippen LogP contribution is 2.23. The van der Waals surface area contributed by atoms with Gasteiger partial charge in [0.1, 0.15) is 5.01 Å². The summed E-state index contributed by atoms with van der Waals surface area (Å²) < 4.78 is 1.80. The number of halogens is 1. The highest BCUT2D eigenvalue weighted by atomic mass is 35.5. The smallest absolute Gasteiger partial charge is 0.141 e. The Morgan fingerprint density at radius 1 is 1.62 bits per heavy atom. The van der Waals surface area contributed by atoms with Crippen LogP contribution in [0.2, 0.25) is 0 Å². The Hall–Kier alpha value is -0.870. The van der Waals surface area contributed by atoms with E-state index in [0.29, 0.717) is 5.88 Å². The lowest BCUT2D eigenvalue weighted by molar-refractivity contribution is 0.775. The van der Waals surface area contributed by atoms with Crippen LogP contribution in [0, 0.1) is 0 Å². The molecule has 5 heteroatoms. The Morgan fingerprint density at radius 2 is 2.46 bits per heavy atom. The maximum absolute atomic E-state index is 5.66. The molecule has 0 aromatic carbocycles. The van der Waals surface area contributed by atoms with E-state index in [4.69, 9.17) is 11.6 Å². The van der Waals surface area contributed by atoms with Gasteiger partial charge in [-0.1, -0.05) is 0 Å². The van der Waals surface area contributed by atoms with Crippen molar-refractivity contribution >= 4 is 22.9 Å². The standard InChI is InChI=1S/C8H8ClN3S/c1-12-7(2-3-10-12)8-11-6(4-9)5-13-8/h2-3,5H,4H2,1H3. The van der Waals surface area contributed by atoms with E-state index >= 15 is 0 Å². The third kappa shape index (κ3) is 1.59. The highest BCUT2D eigenvalue weighted by Gasteiger charge is 2.06. The van der Waals surface area contributed by atoms with Crippen LogP contribution in [-0.2, 0) is 12.9 Å². The van der Waals surface area contributed by atoms with Crippen molar-refractivity contribution in [2.45, 2.75) is 5.88 Å². The number of hydrogen-bond donors (Lipinski definition) is 0. The van der Waals surface area contributed by atoms with Crippen LogP contribution in [0.1, 0.15) is 5.69 Å². The molecule has 0 bridgehead atoms. The average molecular weight is 214 g/mol. The van der Waals surface area contributed by atoms with E-state index < -0.39 is 0 Å². The molecule has 0 amide bonds. The quantitative estimate of drug-likeness (QED) is 0.717. The Labute approximate surface area is 85.0 Å². The van der Waals surface area contributed by atoms with Crippen molar-refractivity contribution in [1.82, 2.24) is 14.8 Å². The zero-order chi connectivity index (χ0) is 9.26. The maximum Gasteiger partial charge on any atom is 0.141 e. The minimum absolute atomic E-state index is 0.467. The predicted octanol–water partition coefficient (Wildman–Crippen LogP) is 2.28. The first-order valence-corrected chi connectivity index (χ1v) is 5.21. The first-order chi connectivity index (χ1) is 6.31. The fraction of sp³-hybridized carbons (Fsp3) is 0.250. The molecular weight excluding hydrogens is 206 g/mol. The Morgan fingerprint density at radius 3 is 3.00 bits per heavy atom. The summed E-state index contributed by atoms with van der Waals surface area (Å²) in [5.41, 5.74) is 1.95. The summed E-state index contributed by atoms with van der Waals surface area (Å²) in [7, 11) is 1.90. The lowest BCUT2D eigenvalue weighted by Crippen LogP contribution is -1.92. The first kappa shape index (κ1) is 8.72. The number of alkyl halides is 1. The molecule has 0 aliphatic rings. The molecule has 0 aliphatic heterocycles. The number of aryl methyl sites for hydroxylation is 1. The second-order valence-corrected chi connectivity index (χ2v) is 3.74. The molecule has 0 saturated carbocycles. The molecule has 0 saturated heterocycles. The molecule has 0 unspecified atom stereocenters. The van der Waals surface area contributed by atoms with Crippen molar-refractivity contribution in [3.63, 3.8) is 0 Å². The molecule has 2 heterocycles. The van der Waals surface area contributed by atoms with Gasteiger partial charge in [0.25, 0.3) is 0 Å². The molecule has 2 rings (SSSR count). The van der Waals surface area contributed by atoms with Gasteiger partial charge in [-0.25, -0.2) is 4.98 Å². The van der Waals surface area contributed by atoms with Gasteiger partial charge in [-0.2, -0.15) is 5.10 Å². The predicted molar refractivity (Wildman–Crippen MR) is 53.9 cm³/mol. The van der Waals surface area contributed by atoms with Gasteiger partial charge in [0.2, 0.25) is 0 Å². The third-order valence-electron chi connectivity index (χ3n) is 1.73. The number of rotatable bonds is 2. The molecule has 3 nitrogen and oxygen atoms in total. The molecule has 68 valence electrons. The van der Waals surface area contributed by atoms with Crippen LogP contribution in [0.5, 0.6) is 0 Å². The van der Waals surface area contributed by atoms with Crippen LogP contribution >= 0.6 is 22.9 Å². The van der Waals surface area contributed by atoms with E-state index in [2.05, 4.69) is 10.1 Å². The largest absolute Gasteiger partial charge is 0.266 e. The summed E-state index contributed by atoms with van der Waals surface area (Å²) in [5.74, 6) is 0.467. The van der Waals surface area contributed by atoms with E-state index in [0.717, 1.165) is 16.4 Å². The Kier molecular flexibility index (Phi) is 2.33. The van der Waals surface area contributed by atoms with E-state index in [1.807, 2.05) is 18.5 Å². The fourth-order valence-corrected chi connectivity index (χ4v) is 2.17. The number of nitrogens with zero attached hydrogens (tertiary/aromatic N) is 3. The van der Waals surface area contributed by atoms with Crippen molar-refractivity contribution in [2.24, 2.45) is 7.05 Å². The van der Waals surface area contributed by atoms with Crippen LogP contribution in [0.4, 0.5) is 0 Å². The van der Waals surface area contributed by atoms with E-state index in [1.54, 1.807) is 22.2 Å². The Bertz CT molecular complexity index is 407. The van der Waals surface area contributed by atoms with Crippen LogP contribution in [0.3, 0.4) is 0 Å². The van der Waals surface area contributed by atoms with Crippen molar-refractivity contribution in [2.75, 3.05) is 0 Å². The molecule has 0 fully saturated rings. The third-order valence-corrected chi connectivity index (χ3v) is 2.92. The van der Waals surface area contributed by atoms with E-state index in [9.17, 15) is 0 Å². The second-order valence-electron chi connectivity index (χ2n) is 2.62. The summed E-state index contributed by atoms with van der Waals surface area (Å²) in [5, 5.41) is 7.01. The first-order valence-electron chi connectivity index (χ1n) is 3.80. The zero-order valence-corrected chi connectivity index (χ0v) is 8.64. The van der Waals surface area contributed by atoms with Gasteiger partial charge < -0.3 is 0 Å². The summed E-state index contributed by atoms with van der Waals surface area (Å²) in [6, 6.07) is 1.94. The van der Waals surface area contributed by atoms with Crippen molar-refractivity contribution in [3.05, 3.63) is 23.3 Å². The minimum atomic E-state index is 0.467.